The van der Waals surface area contributed by atoms with Gasteiger partial charge in [-0.2, -0.15) is 0 Å². The summed E-state index contributed by atoms with van der Waals surface area (Å²) < 4.78 is 36.1. The molecule has 0 aliphatic carbocycles. The van der Waals surface area contributed by atoms with Gasteiger partial charge in [-0.15, -0.1) is 0 Å². The van der Waals surface area contributed by atoms with Crippen molar-refractivity contribution in [2.75, 3.05) is 0 Å². The summed E-state index contributed by atoms with van der Waals surface area (Å²) in [6, 6.07) is 0. The Kier molecular flexibility index (Phi) is 2.34. The van der Waals surface area contributed by atoms with E-state index >= 15 is 0 Å². The largest absolute Gasteiger partial charge is 0.745 e. The van der Waals surface area contributed by atoms with Crippen LogP contribution in [0.1, 0.15) is 6.42 Å². The summed E-state index contributed by atoms with van der Waals surface area (Å²) in [4.78, 5) is 18.1. The average Bonchev–Trinajstić information content (AvgIpc) is 2.29. The summed E-state index contributed by atoms with van der Waals surface area (Å²) >= 11 is 0. The van der Waals surface area contributed by atoms with Crippen LogP contribution in [-0.4, -0.2) is 29.8 Å². The molecule has 0 saturated carbocycles. The van der Waals surface area contributed by atoms with E-state index in [0.717, 1.165) is 0 Å². The molecule has 0 aromatic heterocycles. The van der Waals surface area contributed by atoms with Gasteiger partial charge in [-0.05, 0) is 6.08 Å². The Labute approximate surface area is 78.7 Å². The molecule has 0 amide bonds. The summed E-state index contributed by atoms with van der Waals surface area (Å²) in [5.74, 6) is -2.88. The van der Waals surface area contributed by atoms with Gasteiger partial charge in [-0.25, -0.2) is 13.2 Å². The fraction of sp³-hybridized carbons (Fsp3) is 0.333. The van der Waals surface area contributed by atoms with E-state index in [-0.39, 0.29) is 0 Å². The van der Waals surface area contributed by atoms with Crippen LogP contribution in [0.5, 0.6) is 0 Å². The lowest BCUT2D eigenvalue weighted by molar-refractivity contribution is -0.307. The molecule has 0 aromatic carbocycles. The van der Waals surface area contributed by atoms with E-state index in [1.807, 2.05) is 0 Å². The van der Waals surface area contributed by atoms with Crippen molar-refractivity contribution in [3.05, 3.63) is 12.2 Å². The lowest BCUT2D eigenvalue weighted by Crippen LogP contribution is -2.43. The van der Waals surface area contributed by atoms with E-state index in [1.165, 1.54) is 0 Å². The van der Waals surface area contributed by atoms with E-state index in [0.29, 0.717) is 12.2 Å². The van der Waals surface area contributed by atoms with Crippen molar-refractivity contribution in [3.8, 4) is 0 Å². The molecule has 78 valence electrons. The average molecular weight is 220 g/mol. The zero-order chi connectivity index (χ0) is 11.0. The van der Waals surface area contributed by atoms with Gasteiger partial charge in [0.1, 0.15) is 10.1 Å². The van der Waals surface area contributed by atoms with Crippen LogP contribution in [0.4, 0.5) is 0 Å². The Morgan fingerprint density at radius 1 is 1.57 bits per heavy atom. The van der Waals surface area contributed by atoms with E-state index in [9.17, 15) is 27.7 Å². The Hall–Kier alpha value is -1.41. The topological polar surface area (TPSA) is 124 Å². The van der Waals surface area contributed by atoms with Gasteiger partial charge in [0.15, 0.2) is 0 Å². The zero-order valence-corrected chi connectivity index (χ0v) is 7.44. The molecular weight excluding hydrogens is 216 g/mol. The normalized spacial score (nSPS) is 26.2. The van der Waals surface area contributed by atoms with Crippen LogP contribution in [0.15, 0.2) is 12.2 Å². The summed E-state index contributed by atoms with van der Waals surface area (Å²) in [5.41, 5.74) is 0. The number of cyclic esters (lactones) is 1. The maximum Gasteiger partial charge on any atom is 0.332 e. The van der Waals surface area contributed by atoms with Crippen LogP contribution in [0.2, 0.25) is 0 Å². The minimum Gasteiger partial charge on any atom is -0.745 e. The van der Waals surface area contributed by atoms with Crippen LogP contribution in [-0.2, 0) is 24.4 Å². The Morgan fingerprint density at radius 3 is 2.43 bits per heavy atom. The molecular formula is C6H4O7S-2. The predicted octanol–water partition coefficient (Wildman–Crippen LogP) is -2.52. The number of esters is 1. The number of hydrogen-bond acceptors (Lipinski definition) is 7. The highest BCUT2D eigenvalue weighted by Crippen LogP contribution is 2.28. The van der Waals surface area contributed by atoms with Crippen molar-refractivity contribution in [2.45, 2.75) is 11.4 Å². The van der Waals surface area contributed by atoms with Crippen LogP contribution in [0.3, 0.4) is 0 Å². The van der Waals surface area contributed by atoms with Crippen molar-refractivity contribution in [2.24, 2.45) is 0 Å². The predicted molar refractivity (Wildman–Crippen MR) is 37.3 cm³/mol. The van der Waals surface area contributed by atoms with Gasteiger partial charge < -0.3 is 19.2 Å². The highest BCUT2D eigenvalue weighted by molar-refractivity contribution is 7.87. The van der Waals surface area contributed by atoms with E-state index in [1.54, 1.807) is 0 Å². The van der Waals surface area contributed by atoms with Crippen LogP contribution >= 0.6 is 0 Å². The Morgan fingerprint density at radius 2 is 2.14 bits per heavy atom. The molecule has 0 bridgehead atoms. The molecule has 1 atom stereocenters. The molecule has 0 aromatic rings. The second-order valence-corrected chi connectivity index (χ2v) is 4.17. The van der Waals surface area contributed by atoms with Crippen molar-refractivity contribution in [1.82, 2.24) is 0 Å². The summed E-state index contributed by atoms with van der Waals surface area (Å²) in [7, 11) is -5.09. The maximum atomic E-state index is 10.7. The van der Waals surface area contributed by atoms with Gasteiger partial charge in [0.2, 0.25) is 4.93 Å². The molecule has 1 unspecified atom stereocenters. The number of ether oxygens (including phenoxy) is 1. The highest BCUT2D eigenvalue weighted by atomic mass is 32.2. The minimum atomic E-state index is -5.09. The Balaban J connectivity index is 3.12. The fourth-order valence-electron chi connectivity index (χ4n) is 0.952. The molecule has 1 aliphatic heterocycles. The molecule has 0 spiro atoms. The first kappa shape index (κ1) is 10.7. The highest BCUT2D eigenvalue weighted by Gasteiger charge is 2.42. The van der Waals surface area contributed by atoms with Gasteiger partial charge in [-0.3, -0.25) is 0 Å². The molecule has 14 heavy (non-hydrogen) atoms. The molecule has 1 aliphatic rings. The zero-order valence-electron chi connectivity index (χ0n) is 6.63. The molecule has 1 rings (SSSR count). The first-order valence-corrected chi connectivity index (χ1v) is 4.75. The van der Waals surface area contributed by atoms with Gasteiger partial charge in [-0.1, -0.05) is 0 Å². The smallest absolute Gasteiger partial charge is 0.332 e. The third-order valence-electron chi connectivity index (χ3n) is 1.56. The van der Waals surface area contributed by atoms with Gasteiger partial charge in [0.05, 0.1) is 0 Å². The first-order valence-electron chi connectivity index (χ1n) is 3.34. The van der Waals surface area contributed by atoms with E-state index in [2.05, 4.69) is 4.74 Å². The number of carbonyl (C=O) groups is 2. The molecule has 1 heterocycles. The maximum absolute atomic E-state index is 10.7. The summed E-state index contributed by atoms with van der Waals surface area (Å²) in [5, 5.41) is 10.2. The third kappa shape index (κ3) is 1.75. The molecule has 0 fully saturated rings. The molecule has 0 saturated heterocycles. The first-order chi connectivity index (χ1) is 6.27. The standard InChI is InChI=1S/C6H6O7S/c7-4(8)3-6(14(10,11)12)2-1-5(9)13-6/h1-2H,3H2,(H,7,8)(H,10,11,12)/p-2. The molecule has 8 heteroatoms. The second-order valence-electron chi connectivity index (χ2n) is 2.57. The quantitative estimate of drug-likeness (QED) is 0.379. The minimum absolute atomic E-state index is 0.605. The number of aliphatic carboxylic acids is 1. The van der Waals surface area contributed by atoms with Gasteiger partial charge >= 0.3 is 5.97 Å². The SMILES string of the molecule is O=C([O-])CC1(S(=O)(=O)[O-])C=CC(=O)O1. The number of hydrogen-bond donors (Lipinski definition) is 0. The fourth-order valence-corrected chi connectivity index (χ4v) is 1.67. The van der Waals surface area contributed by atoms with Crippen molar-refractivity contribution >= 4 is 22.1 Å². The molecule has 0 radical (unpaired) electrons. The third-order valence-corrected chi connectivity index (χ3v) is 2.77. The Bertz CT molecular complexity index is 406. The lowest BCUT2D eigenvalue weighted by Gasteiger charge is -2.29. The number of carboxylic acid groups (broad SMARTS) is 1. The summed E-state index contributed by atoms with van der Waals surface area (Å²) in [6.07, 6.45) is 0.0763. The van der Waals surface area contributed by atoms with Gasteiger partial charge in [0.25, 0.3) is 0 Å². The monoisotopic (exact) mass is 220 g/mol. The van der Waals surface area contributed by atoms with Crippen LogP contribution < -0.4 is 5.11 Å². The van der Waals surface area contributed by atoms with Crippen LogP contribution in [0, 0.1) is 0 Å². The lowest BCUT2D eigenvalue weighted by atomic mass is 10.2. The van der Waals surface area contributed by atoms with E-state index in [4.69, 9.17) is 0 Å². The van der Waals surface area contributed by atoms with Crippen molar-refractivity contribution in [3.63, 3.8) is 0 Å². The molecule has 0 N–H and O–H groups in total. The number of rotatable bonds is 3. The molecule has 7 nitrogen and oxygen atoms in total. The van der Waals surface area contributed by atoms with Crippen LogP contribution in [0.25, 0.3) is 0 Å². The summed E-state index contributed by atoms with van der Waals surface area (Å²) in [6.45, 7) is 0. The van der Waals surface area contributed by atoms with E-state index < -0.39 is 33.4 Å². The van der Waals surface area contributed by atoms with Crippen molar-refractivity contribution in [1.29, 1.82) is 0 Å². The van der Waals surface area contributed by atoms with Crippen molar-refractivity contribution < 1.29 is 32.4 Å². The second kappa shape index (κ2) is 3.07. The number of carboxylic acids is 1. The van der Waals surface area contributed by atoms with Gasteiger partial charge in [0, 0.05) is 18.5 Å². The number of carbonyl (C=O) groups excluding carboxylic acids is 2.